The highest BCUT2D eigenvalue weighted by molar-refractivity contribution is 6.29. The van der Waals surface area contributed by atoms with Crippen molar-refractivity contribution in [2.24, 2.45) is 5.41 Å². The third-order valence-corrected chi connectivity index (χ3v) is 4.93. The van der Waals surface area contributed by atoms with Crippen molar-refractivity contribution >= 4 is 23.6 Å². The van der Waals surface area contributed by atoms with Crippen LogP contribution >= 0.6 is 11.6 Å². The molecule has 2 aromatic rings. The lowest BCUT2D eigenvalue weighted by Gasteiger charge is -2.23. The summed E-state index contributed by atoms with van der Waals surface area (Å²) in [6, 6.07) is 8.84. The Morgan fingerprint density at radius 2 is 1.96 bits per heavy atom. The summed E-state index contributed by atoms with van der Waals surface area (Å²) in [4.78, 5) is 34.9. The van der Waals surface area contributed by atoms with Gasteiger partial charge in [0, 0.05) is 18.9 Å². The van der Waals surface area contributed by atoms with Crippen LogP contribution in [0.1, 0.15) is 31.5 Å². The first-order valence-corrected chi connectivity index (χ1v) is 9.44. The Hall–Kier alpha value is -2.67. The van der Waals surface area contributed by atoms with E-state index in [1.165, 1.54) is 17.3 Å². The molecule has 0 aliphatic carbocycles. The van der Waals surface area contributed by atoms with Crippen LogP contribution in [0.4, 0.5) is 4.79 Å². The monoisotopic (exact) mass is 402 g/mol. The van der Waals surface area contributed by atoms with E-state index in [2.05, 4.69) is 15.3 Å². The molecule has 1 aliphatic rings. The SMILES string of the molecule is CC1(C)C[C@@H](C(=O)NCc2nccnc2Cl)N(C(=O)OCc2ccccc2)C1. The minimum Gasteiger partial charge on any atom is -0.445 e. The smallest absolute Gasteiger partial charge is 0.410 e. The second-order valence-corrected chi connectivity index (χ2v) is 7.92. The molecule has 0 spiro atoms. The average Bonchev–Trinajstić information content (AvgIpc) is 3.02. The predicted octanol–water partition coefficient (Wildman–Crippen LogP) is 3.18. The maximum atomic E-state index is 12.8. The molecule has 0 bridgehead atoms. The van der Waals surface area contributed by atoms with E-state index < -0.39 is 12.1 Å². The highest BCUT2D eigenvalue weighted by Crippen LogP contribution is 2.34. The Morgan fingerprint density at radius 3 is 2.68 bits per heavy atom. The molecule has 148 valence electrons. The number of rotatable bonds is 5. The lowest BCUT2D eigenvalue weighted by Crippen LogP contribution is -2.46. The van der Waals surface area contributed by atoms with Crippen molar-refractivity contribution < 1.29 is 14.3 Å². The third-order valence-electron chi connectivity index (χ3n) is 4.62. The fourth-order valence-corrected chi connectivity index (χ4v) is 3.43. The van der Waals surface area contributed by atoms with E-state index >= 15 is 0 Å². The van der Waals surface area contributed by atoms with Gasteiger partial charge in [0.2, 0.25) is 5.91 Å². The van der Waals surface area contributed by atoms with Crippen LogP contribution < -0.4 is 5.32 Å². The number of hydrogen-bond donors (Lipinski definition) is 1. The summed E-state index contributed by atoms with van der Waals surface area (Å²) < 4.78 is 5.43. The van der Waals surface area contributed by atoms with E-state index in [4.69, 9.17) is 16.3 Å². The molecule has 1 saturated heterocycles. The number of halogens is 1. The van der Waals surface area contributed by atoms with Gasteiger partial charge in [-0.15, -0.1) is 0 Å². The molecule has 0 unspecified atom stereocenters. The second kappa shape index (κ2) is 8.56. The number of ether oxygens (including phenoxy) is 1. The van der Waals surface area contributed by atoms with E-state index in [-0.39, 0.29) is 29.6 Å². The van der Waals surface area contributed by atoms with Gasteiger partial charge in [0.15, 0.2) is 5.15 Å². The van der Waals surface area contributed by atoms with Crippen LogP contribution in [0, 0.1) is 5.41 Å². The predicted molar refractivity (Wildman–Crippen MR) is 104 cm³/mol. The van der Waals surface area contributed by atoms with Gasteiger partial charge in [0.1, 0.15) is 12.6 Å². The van der Waals surface area contributed by atoms with Crippen LogP contribution in [0.25, 0.3) is 0 Å². The van der Waals surface area contributed by atoms with Gasteiger partial charge in [-0.3, -0.25) is 14.7 Å². The van der Waals surface area contributed by atoms with E-state index in [0.717, 1.165) is 5.56 Å². The second-order valence-electron chi connectivity index (χ2n) is 7.56. The lowest BCUT2D eigenvalue weighted by molar-refractivity contribution is -0.125. The number of hydrogen-bond acceptors (Lipinski definition) is 5. The minimum atomic E-state index is -0.603. The van der Waals surface area contributed by atoms with Gasteiger partial charge in [-0.1, -0.05) is 55.8 Å². The molecule has 3 rings (SSSR count). The highest BCUT2D eigenvalue weighted by atomic mass is 35.5. The van der Waals surface area contributed by atoms with Crippen LogP contribution in [0.3, 0.4) is 0 Å². The zero-order valence-corrected chi connectivity index (χ0v) is 16.6. The van der Waals surface area contributed by atoms with E-state index in [9.17, 15) is 9.59 Å². The first-order valence-electron chi connectivity index (χ1n) is 9.06. The summed E-state index contributed by atoms with van der Waals surface area (Å²) in [5.74, 6) is -0.260. The van der Waals surface area contributed by atoms with E-state index in [1.54, 1.807) is 0 Å². The molecule has 1 aromatic carbocycles. The van der Waals surface area contributed by atoms with Gasteiger partial charge >= 0.3 is 6.09 Å². The van der Waals surface area contributed by atoms with E-state index in [1.807, 2.05) is 44.2 Å². The Balaban J connectivity index is 1.63. The number of aromatic nitrogens is 2. The van der Waals surface area contributed by atoms with Crippen molar-refractivity contribution in [3.05, 3.63) is 59.1 Å². The van der Waals surface area contributed by atoms with E-state index in [0.29, 0.717) is 18.7 Å². The molecule has 1 fully saturated rings. The van der Waals surface area contributed by atoms with Gasteiger partial charge in [-0.2, -0.15) is 0 Å². The van der Waals surface area contributed by atoms with Crippen molar-refractivity contribution in [3.63, 3.8) is 0 Å². The summed E-state index contributed by atoms with van der Waals surface area (Å²) in [7, 11) is 0. The van der Waals surface area contributed by atoms with Crippen LogP contribution in [0.2, 0.25) is 5.15 Å². The summed E-state index contributed by atoms with van der Waals surface area (Å²) in [6.07, 6.45) is 3.05. The lowest BCUT2D eigenvalue weighted by atomic mass is 9.90. The first-order chi connectivity index (χ1) is 13.4. The molecule has 28 heavy (non-hydrogen) atoms. The number of likely N-dealkylation sites (tertiary alicyclic amines) is 1. The summed E-state index contributed by atoms with van der Waals surface area (Å²) in [5, 5.41) is 3.05. The normalized spacial score (nSPS) is 18.0. The van der Waals surface area contributed by atoms with Crippen molar-refractivity contribution in [2.75, 3.05) is 6.54 Å². The zero-order chi connectivity index (χ0) is 20.1. The van der Waals surface area contributed by atoms with Crippen LogP contribution in [0.5, 0.6) is 0 Å². The quantitative estimate of drug-likeness (QED) is 0.830. The molecule has 0 radical (unpaired) electrons. The summed E-state index contributed by atoms with van der Waals surface area (Å²) in [5.41, 5.74) is 1.19. The number of nitrogens with zero attached hydrogens (tertiary/aromatic N) is 3. The fraction of sp³-hybridized carbons (Fsp3) is 0.400. The van der Waals surface area contributed by atoms with Gasteiger partial charge in [0.05, 0.1) is 12.2 Å². The Labute approximate surface area is 169 Å². The fourth-order valence-electron chi connectivity index (χ4n) is 3.25. The average molecular weight is 403 g/mol. The largest absolute Gasteiger partial charge is 0.445 e. The molecule has 8 heteroatoms. The van der Waals surface area contributed by atoms with Crippen molar-refractivity contribution in [3.8, 4) is 0 Å². The summed E-state index contributed by atoms with van der Waals surface area (Å²) in [6.45, 7) is 4.81. The van der Waals surface area contributed by atoms with Crippen molar-refractivity contribution in [1.82, 2.24) is 20.2 Å². The number of carbonyl (C=O) groups excluding carboxylic acids is 2. The Morgan fingerprint density at radius 1 is 1.25 bits per heavy atom. The molecule has 2 amide bonds. The molecule has 1 aliphatic heterocycles. The van der Waals surface area contributed by atoms with Crippen LogP contribution in [0.15, 0.2) is 42.7 Å². The topological polar surface area (TPSA) is 84.4 Å². The minimum absolute atomic E-state index is 0.148. The number of nitrogens with one attached hydrogen (secondary N) is 1. The van der Waals surface area contributed by atoms with Gasteiger partial charge in [-0.05, 0) is 17.4 Å². The molecular formula is C20H23ClN4O3. The molecule has 2 heterocycles. The Kier molecular flexibility index (Phi) is 6.14. The number of benzene rings is 1. The zero-order valence-electron chi connectivity index (χ0n) is 15.9. The standard InChI is InChI=1S/C20H23ClN4O3/c1-20(2)10-16(18(26)24-11-15-17(21)23-9-8-22-15)25(13-20)19(27)28-12-14-6-4-3-5-7-14/h3-9,16H,10-13H2,1-2H3,(H,24,26)/t16-/m0/s1. The van der Waals surface area contributed by atoms with Crippen molar-refractivity contribution in [2.45, 2.75) is 39.5 Å². The Bertz CT molecular complexity index is 844. The molecule has 0 saturated carbocycles. The van der Waals surface area contributed by atoms with Gasteiger partial charge in [0.25, 0.3) is 0 Å². The highest BCUT2D eigenvalue weighted by Gasteiger charge is 2.44. The maximum absolute atomic E-state index is 12.8. The van der Waals surface area contributed by atoms with Crippen molar-refractivity contribution in [1.29, 1.82) is 0 Å². The van der Waals surface area contributed by atoms with Gasteiger partial charge < -0.3 is 10.1 Å². The van der Waals surface area contributed by atoms with Crippen LogP contribution in [-0.4, -0.2) is 39.5 Å². The first kappa shape index (κ1) is 20.1. The molecular weight excluding hydrogens is 380 g/mol. The number of amides is 2. The van der Waals surface area contributed by atoms with Gasteiger partial charge in [-0.25, -0.2) is 9.78 Å². The molecule has 1 aromatic heterocycles. The number of carbonyl (C=O) groups is 2. The van der Waals surface area contributed by atoms with Crippen LogP contribution in [-0.2, 0) is 22.7 Å². The molecule has 7 nitrogen and oxygen atoms in total. The molecule has 1 atom stereocenters. The molecule has 1 N–H and O–H groups in total. The third kappa shape index (κ3) is 4.98. The maximum Gasteiger partial charge on any atom is 0.410 e. The summed E-state index contributed by atoms with van der Waals surface area (Å²) >= 11 is 5.98.